The van der Waals surface area contributed by atoms with Gasteiger partial charge in [-0.15, -0.1) is 22.7 Å². The second-order valence-corrected chi connectivity index (χ2v) is 6.94. The summed E-state index contributed by atoms with van der Waals surface area (Å²) in [5, 5.41) is 2.14. The van der Waals surface area contributed by atoms with E-state index < -0.39 is 0 Å². The lowest BCUT2D eigenvalue weighted by Crippen LogP contribution is -2.29. The average molecular weight is 280 g/mol. The molecule has 0 aliphatic rings. The molecule has 0 spiro atoms. The van der Waals surface area contributed by atoms with Crippen LogP contribution in [0, 0.1) is 0 Å². The van der Waals surface area contributed by atoms with Gasteiger partial charge in [0.2, 0.25) is 0 Å². The van der Waals surface area contributed by atoms with Crippen molar-refractivity contribution in [2.45, 2.75) is 39.5 Å². The van der Waals surface area contributed by atoms with E-state index in [9.17, 15) is 0 Å². The van der Waals surface area contributed by atoms with Crippen LogP contribution in [0.3, 0.4) is 0 Å². The average Bonchev–Trinajstić information content (AvgIpc) is 2.99. The SMILES string of the molecule is CC(C)N(Cc1cccs1)Cc1ccc(CN)s1. The summed E-state index contributed by atoms with van der Waals surface area (Å²) >= 11 is 3.66. The van der Waals surface area contributed by atoms with E-state index in [1.165, 1.54) is 14.6 Å². The molecule has 0 aliphatic heterocycles. The highest BCUT2D eigenvalue weighted by atomic mass is 32.1. The van der Waals surface area contributed by atoms with E-state index in [2.05, 4.69) is 48.4 Å². The fourth-order valence-corrected chi connectivity index (χ4v) is 3.49. The van der Waals surface area contributed by atoms with Gasteiger partial charge in [0.15, 0.2) is 0 Å². The van der Waals surface area contributed by atoms with Crippen LogP contribution < -0.4 is 5.73 Å². The molecule has 2 rings (SSSR count). The Kier molecular flexibility index (Phi) is 4.95. The Balaban J connectivity index is 2.02. The maximum atomic E-state index is 5.66. The molecule has 0 saturated heterocycles. The van der Waals surface area contributed by atoms with Crippen molar-refractivity contribution >= 4 is 22.7 Å². The standard InChI is InChI=1S/C14H20N2S2/c1-11(2)16(9-13-4-3-7-17-13)10-14-6-5-12(8-15)18-14/h3-7,11H,8-10,15H2,1-2H3. The van der Waals surface area contributed by atoms with Gasteiger partial charge < -0.3 is 5.73 Å². The Bertz CT molecular complexity index is 460. The minimum atomic E-state index is 0.551. The van der Waals surface area contributed by atoms with Crippen molar-refractivity contribution < 1.29 is 0 Å². The summed E-state index contributed by atoms with van der Waals surface area (Å²) in [4.78, 5) is 6.60. The summed E-state index contributed by atoms with van der Waals surface area (Å²) in [6.07, 6.45) is 0. The largest absolute Gasteiger partial charge is 0.326 e. The minimum absolute atomic E-state index is 0.551. The van der Waals surface area contributed by atoms with Crippen molar-refractivity contribution in [3.05, 3.63) is 44.3 Å². The molecule has 0 amide bonds. The first-order valence-corrected chi connectivity index (χ1v) is 7.92. The van der Waals surface area contributed by atoms with Crippen LogP contribution in [-0.2, 0) is 19.6 Å². The van der Waals surface area contributed by atoms with Crippen LogP contribution in [0.2, 0.25) is 0 Å². The molecule has 0 saturated carbocycles. The van der Waals surface area contributed by atoms with Crippen molar-refractivity contribution in [2.24, 2.45) is 5.73 Å². The van der Waals surface area contributed by atoms with E-state index in [0.29, 0.717) is 12.6 Å². The van der Waals surface area contributed by atoms with Gasteiger partial charge in [-0.05, 0) is 37.4 Å². The molecule has 0 atom stereocenters. The van der Waals surface area contributed by atoms with Crippen LogP contribution in [0.15, 0.2) is 29.6 Å². The van der Waals surface area contributed by atoms with E-state index in [1.807, 2.05) is 22.7 Å². The number of rotatable bonds is 6. The summed E-state index contributed by atoms with van der Waals surface area (Å²) in [5.74, 6) is 0. The summed E-state index contributed by atoms with van der Waals surface area (Å²) in [6, 6.07) is 9.23. The summed E-state index contributed by atoms with van der Waals surface area (Å²) < 4.78 is 0. The Morgan fingerprint density at radius 3 is 2.39 bits per heavy atom. The first kappa shape index (κ1) is 13.7. The topological polar surface area (TPSA) is 29.3 Å². The number of nitrogens with two attached hydrogens (primary N) is 1. The van der Waals surface area contributed by atoms with E-state index in [1.54, 1.807) is 0 Å². The molecule has 4 heteroatoms. The third kappa shape index (κ3) is 3.65. The monoisotopic (exact) mass is 280 g/mol. The molecule has 2 N–H and O–H groups in total. The van der Waals surface area contributed by atoms with Crippen LogP contribution in [-0.4, -0.2) is 10.9 Å². The Morgan fingerprint density at radius 1 is 1.11 bits per heavy atom. The smallest absolute Gasteiger partial charge is 0.0334 e. The number of hydrogen-bond acceptors (Lipinski definition) is 4. The molecule has 0 aromatic carbocycles. The molecule has 0 aliphatic carbocycles. The van der Waals surface area contributed by atoms with Gasteiger partial charge in [-0.1, -0.05) is 6.07 Å². The van der Waals surface area contributed by atoms with Crippen LogP contribution in [0.4, 0.5) is 0 Å². The highest BCUT2D eigenvalue weighted by Gasteiger charge is 2.12. The highest BCUT2D eigenvalue weighted by Crippen LogP contribution is 2.21. The number of thiophene rings is 2. The van der Waals surface area contributed by atoms with Gasteiger partial charge in [0.05, 0.1) is 0 Å². The molecular formula is C14H20N2S2. The first-order valence-electron chi connectivity index (χ1n) is 6.23. The van der Waals surface area contributed by atoms with E-state index in [4.69, 9.17) is 5.73 Å². The van der Waals surface area contributed by atoms with Crippen LogP contribution in [0.5, 0.6) is 0 Å². The normalized spacial score (nSPS) is 11.6. The fourth-order valence-electron chi connectivity index (χ4n) is 1.84. The molecule has 0 fully saturated rings. The summed E-state index contributed by atoms with van der Waals surface area (Å²) in [5.41, 5.74) is 5.66. The molecule has 98 valence electrons. The van der Waals surface area contributed by atoms with E-state index >= 15 is 0 Å². The van der Waals surface area contributed by atoms with Crippen molar-refractivity contribution in [2.75, 3.05) is 0 Å². The van der Waals surface area contributed by atoms with Crippen molar-refractivity contribution in [3.63, 3.8) is 0 Å². The molecule has 2 aromatic heterocycles. The summed E-state index contributed by atoms with van der Waals surface area (Å²) in [6.45, 7) is 7.21. The molecule has 2 aromatic rings. The summed E-state index contributed by atoms with van der Waals surface area (Å²) in [7, 11) is 0. The van der Waals surface area contributed by atoms with Crippen LogP contribution in [0.1, 0.15) is 28.5 Å². The van der Waals surface area contributed by atoms with Gasteiger partial charge in [0, 0.05) is 40.3 Å². The Labute approximate surface area is 117 Å². The van der Waals surface area contributed by atoms with E-state index in [-0.39, 0.29) is 0 Å². The molecule has 2 heterocycles. The Morgan fingerprint density at radius 2 is 1.83 bits per heavy atom. The zero-order chi connectivity index (χ0) is 13.0. The third-order valence-corrected chi connectivity index (χ3v) is 4.90. The zero-order valence-corrected chi connectivity index (χ0v) is 12.6. The maximum absolute atomic E-state index is 5.66. The molecule has 2 nitrogen and oxygen atoms in total. The predicted octanol–water partition coefficient (Wildman–Crippen LogP) is 3.68. The second kappa shape index (κ2) is 6.48. The Hall–Kier alpha value is -0.680. The number of hydrogen-bond donors (Lipinski definition) is 1. The number of nitrogens with zero attached hydrogens (tertiary/aromatic N) is 1. The second-order valence-electron chi connectivity index (χ2n) is 4.65. The van der Waals surface area contributed by atoms with Gasteiger partial charge in [-0.2, -0.15) is 0 Å². The molecule has 0 unspecified atom stereocenters. The third-order valence-electron chi connectivity index (χ3n) is 2.95. The molecule has 0 bridgehead atoms. The van der Waals surface area contributed by atoms with Gasteiger partial charge in [0.25, 0.3) is 0 Å². The van der Waals surface area contributed by atoms with Crippen molar-refractivity contribution in [1.82, 2.24) is 4.90 Å². The lowest BCUT2D eigenvalue weighted by Gasteiger charge is -2.25. The van der Waals surface area contributed by atoms with Gasteiger partial charge in [0.1, 0.15) is 0 Å². The van der Waals surface area contributed by atoms with Gasteiger partial charge in [-0.3, -0.25) is 4.90 Å². The molecule has 18 heavy (non-hydrogen) atoms. The quantitative estimate of drug-likeness (QED) is 0.874. The lowest BCUT2D eigenvalue weighted by atomic mass is 10.3. The van der Waals surface area contributed by atoms with Crippen LogP contribution in [0.25, 0.3) is 0 Å². The van der Waals surface area contributed by atoms with Crippen molar-refractivity contribution in [3.8, 4) is 0 Å². The maximum Gasteiger partial charge on any atom is 0.0334 e. The predicted molar refractivity (Wildman–Crippen MR) is 80.9 cm³/mol. The molecule has 0 radical (unpaired) electrons. The minimum Gasteiger partial charge on any atom is -0.326 e. The lowest BCUT2D eigenvalue weighted by molar-refractivity contribution is 0.207. The van der Waals surface area contributed by atoms with Gasteiger partial charge in [-0.25, -0.2) is 0 Å². The van der Waals surface area contributed by atoms with Crippen LogP contribution >= 0.6 is 22.7 Å². The highest BCUT2D eigenvalue weighted by molar-refractivity contribution is 7.12. The van der Waals surface area contributed by atoms with E-state index in [0.717, 1.165) is 13.1 Å². The zero-order valence-electron chi connectivity index (χ0n) is 10.9. The van der Waals surface area contributed by atoms with Crippen molar-refractivity contribution in [1.29, 1.82) is 0 Å². The molecular weight excluding hydrogens is 260 g/mol. The fraction of sp³-hybridized carbons (Fsp3) is 0.429. The van der Waals surface area contributed by atoms with Gasteiger partial charge >= 0.3 is 0 Å². The first-order chi connectivity index (χ1) is 8.69.